The number of nitrogens with one attached hydrogen (secondary N) is 2. The molecule has 3 aromatic rings. The van der Waals surface area contributed by atoms with E-state index >= 15 is 0 Å². The molecule has 0 aliphatic carbocycles. The Kier molecular flexibility index (Phi) is 5.29. The molecular formula is C21H23N5O3S. The summed E-state index contributed by atoms with van der Waals surface area (Å²) in [5.74, 6) is -0.418. The first-order chi connectivity index (χ1) is 14.4. The molecule has 0 saturated carbocycles. The number of carbonyl (C=O) groups is 2. The molecule has 1 atom stereocenters. The quantitative estimate of drug-likeness (QED) is 0.653. The molecule has 3 heterocycles. The van der Waals surface area contributed by atoms with E-state index in [1.54, 1.807) is 35.2 Å². The minimum atomic E-state index is -0.709. The molecule has 1 aromatic carbocycles. The lowest BCUT2D eigenvalue weighted by molar-refractivity contribution is -0.138. The summed E-state index contributed by atoms with van der Waals surface area (Å²) in [7, 11) is 3.47. The standard InChI is InChI=1S/C21H23N5O3S/c1-25(2)19(28)21(8-9-26(13-21)18(27)17-22-20(29)24-23-17)11-14-3-5-15(6-4-14)16-7-10-30-12-16/h3-7,10,12H,8-9,11,13H2,1-2H3,(H2,22,23,24,29)/t21-/m1/s1. The summed E-state index contributed by atoms with van der Waals surface area (Å²) in [6.45, 7) is 0.713. The lowest BCUT2D eigenvalue weighted by Crippen LogP contribution is -2.44. The second-order valence-electron chi connectivity index (χ2n) is 7.87. The van der Waals surface area contributed by atoms with Gasteiger partial charge in [0.15, 0.2) is 0 Å². The Balaban J connectivity index is 1.57. The Morgan fingerprint density at radius 2 is 1.97 bits per heavy atom. The first kappa shape index (κ1) is 20.1. The molecule has 2 aromatic heterocycles. The smallest absolute Gasteiger partial charge is 0.341 e. The van der Waals surface area contributed by atoms with Gasteiger partial charge in [-0.3, -0.25) is 14.6 Å². The number of aromatic amines is 2. The SMILES string of the molecule is CN(C)C(=O)[C@@]1(Cc2ccc(-c3ccsc3)cc2)CCN(C(=O)c2n[nH]c(=O)[nH]2)C1. The summed E-state index contributed by atoms with van der Waals surface area (Å²) >= 11 is 1.66. The van der Waals surface area contributed by atoms with Crippen molar-refractivity contribution in [2.75, 3.05) is 27.2 Å². The van der Waals surface area contributed by atoms with Crippen molar-refractivity contribution in [3.8, 4) is 11.1 Å². The Hall–Kier alpha value is -3.20. The van der Waals surface area contributed by atoms with Gasteiger partial charge in [0.25, 0.3) is 5.91 Å². The molecule has 0 bridgehead atoms. The summed E-state index contributed by atoms with van der Waals surface area (Å²) in [6, 6.07) is 10.3. The molecule has 1 aliphatic heterocycles. The van der Waals surface area contributed by atoms with Gasteiger partial charge >= 0.3 is 5.69 Å². The van der Waals surface area contributed by atoms with Gasteiger partial charge in [0, 0.05) is 27.2 Å². The highest BCUT2D eigenvalue weighted by Crippen LogP contribution is 2.37. The van der Waals surface area contributed by atoms with Crippen LogP contribution >= 0.6 is 11.3 Å². The van der Waals surface area contributed by atoms with Gasteiger partial charge in [0.05, 0.1) is 5.41 Å². The number of nitrogens with zero attached hydrogens (tertiary/aromatic N) is 3. The lowest BCUT2D eigenvalue weighted by atomic mass is 9.79. The average molecular weight is 426 g/mol. The van der Waals surface area contributed by atoms with E-state index in [1.807, 2.05) is 17.5 Å². The molecule has 2 N–H and O–H groups in total. The molecule has 4 rings (SSSR count). The molecule has 8 nitrogen and oxygen atoms in total. The normalized spacial score (nSPS) is 18.5. The Labute approximate surface area is 177 Å². The molecular weight excluding hydrogens is 402 g/mol. The lowest BCUT2D eigenvalue weighted by Gasteiger charge is -2.31. The van der Waals surface area contributed by atoms with Crippen LogP contribution in [0.25, 0.3) is 11.1 Å². The van der Waals surface area contributed by atoms with Crippen LogP contribution in [-0.2, 0) is 11.2 Å². The van der Waals surface area contributed by atoms with Gasteiger partial charge in [-0.1, -0.05) is 24.3 Å². The van der Waals surface area contributed by atoms with Gasteiger partial charge in [-0.2, -0.15) is 11.3 Å². The Morgan fingerprint density at radius 3 is 2.57 bits per heavy atom. The van der Waals surface area contributed by atoms with Gasteiger partial charge in [0.2, 0.25) is 11.7 Å². The number of hydrogen-bond donors (Lipinski definition) is 2. The van der Waals surface area contributed by atoms with E-state index in [-0.39, 0.29) is 24.2 Å². The van der Waals surface area contributed by atoms with Crippen LogP contribution in [0.15, 0.2) is 45.9 Å². The first-order valence-electron chi connectivity index (χ1n) is 9.65. The van der Waals surface area contributed by atoms with Crippen LogP contribution in [0.1, 0.15) is 22.6 Å². The molecule has 9 heteroatoms. The first-order valence-corrected chi connectivity index (χ1v) is 10.6. The predicted octanol–water partition coefficient (Wildman–Crippen LogP) is 1.99. The molecule has 30 heavy (non-hydrogen) atoms. The van der Waals surface area contributed by atoms with Crippen molar-refractivity contribution < 1.29 is 9.59 Å². The maximum absolute atomic E-state index is 13.1. The Morgan fingerprint density at radius 1 is 1.20 bits per heavy atom. The van der Waals surface area contributed by atoms with E-state index in [9.17, 15) is 14.4 Å². The van der Waals surface area contributed by atoms with Crippen molar-refractivity contribution in [3.63, 3.8) is 0 Å². The number of carbonyl (C=O) groups excluding carboxylic acids is 2. The second kappa shape index (κ2) is 7.91. The molecule has 0 radical (unpaired) electrons. The van der Waals surface area contributed by atoms with E-state index in [4.69, 9.17) is 0 Å². The van der Waals surface area contributed by atoms with Crippen LogP contribution in [0.2, 0.25) is 0 Å². The number of H-pyrrole nitrogens is 2. The van der Waals surface area contributed by atoms with Crippen molar-refractivity contribution in [1.29, 1.82) is 0 Å². The minimum absolute atomic E-state index is 0.00441. The number of benzene rings is 1. The van der Waals surface area contributed by atoms with Gasteiger partial charge in [-0.25, -0.2) is 9.89 Å². The number of likely N-dealkylation sites (tertiary alicyclic amines) is 1. The maximum atomic E-state index is 13.1. The van der Waals surface area contributed by atoms with Crippen molar-refractivity contribution >= 4 is 23.2 Å². The maximum Gasteiger partial charge on any atom is 0.341 e. The van der Waals surface area contributed by atoms with Crippen molar-refractivity contribution in [2.24, 2.45) is 5.41 Å². The van der Waals surface area contributed by atoms with Crippen LogP contribution < -0.4 is 5.69 Å². The number of rotatable bonds is 5. The third kappa shape index (κ3) is 3.80. The van der Waals surface area contributed by atoms with Crippen LogP contribution in [0, 0.1) is 5.41 Å². The summed E-state index contributed by atoms with van der Waals surface area (Å²) in [5.41, 5.74) is 2.13. The fraction of sp³-hybridized carbons (Fsp3) is 0.333. The highest BCUT2D eigenvalue weighted by Gasteiger charge is 2.47. The third-order valence-corrected chi connectivity index (χ3v) is 6.24. The minimum Gasteiger partial charge on any atom is -0.348 e. The molecule has 0 spiro atoms. The van der Waals surface area contributed by atoms with E-state index in [0.717, 1.165) is 11.1 Å². The van der Waals surface area contributed by atoms with Gasteiger partial charge < -0.3 is 9.80 Å². The van der Waals surface area contributed by atoms with Gasteiger partial charge in [-0.05, 0) is 46.4 Å². The summed E-state index contributed by atoms with van der Waals surface area (Å²) in [6.07, 6.45) is 1.09. The fourth-order valence-corrected chi connectivity index (χ4v) is 4.74. The molecule has 1 saturated heterocycles. The van der Waals surface area contributed by atoms with Crippen molar-refractivity contribution in [3.05, 3.63) is 63.0 Å². The van der Waals surface area contributed by atoms with E-state index in [2.05, 4.69) is 38.8 Å². The zero-order valence-corrected chi connectivity index (χ0v) is 17.7. The summed E-state index contributed by atoms with van der Waals surface area (Å²) in [5, 5.41) is 10.1. The molecule has 1 fully saturated rings. The van der Waals surface area contributed by atoms with Crippen molar-refractivity contribution in [2.45, 2.75) is 12.8 Å². The fourth-order valence-electron chi connectivity index (χ4n) is 4.07. The molecule has 2 amide bonds. The van der Waals surface area contributed by atoms with Crippen LogP contribution in [-0.4, -0.2) is 64.0 Å². The third-order valence-electron chi connectivity index (χ3n) is 5.56. The van der Waals surface area contributed by atoms with Crippen LogP contribution in [0.3, 0.4) is 0 Å². The number of thiophene rings is 1. The van der Waals surface area contributed by atoms with E-state index in [0.29, 0.717) is 19.4 Å². The van der Waals surface area contributed by atoms with E-state index < -0.39 is 11.1 Å². The largest absolute Gasteiger partial charge is 0.348 e. The molecule has 1 aliphatic rings. The van der Waals surface area contributed by atoms with Gasteiger partial charge in [0.1, 0.15) is 0 Å². The van der Waals surface area contributed by atoms with Crippen LogP contribution in [0.4, 0.5) is 0 Å². The summed E-state index contributed by atoms with van der Waals surface area (Å²) in [4.78, 5) is 42.7. The van der Waals surface area contributed by atoms with E-state index in [1.165, 1.54) is 5.56 Å². The highest BCUT2D eigenvalue weighted by atomic mass is 32.1. The highest BCUT2D eigenvalue weighted by molar-refractivity contribution is 7.08. The summed E-state index contributed by atoms with van der Waals surface area (Å²) < 4.78 is 0. The number of aromatic nitrogens is 3. The topological polar surface area (TPSA) is 102 Å². The zero-order valence-electron chi connectivity index (χ0n) is 16.8. The molecule has 156 valence electrons. The number of hydrogen-bond acceptors (Lipinski definition) is 5. The average Bonchev–Trinajstić information content (AvgIpc) is 3.49. The monoisotopic (exact) mass is 425 g/mol. The van der Waals surface area contributed by atoms with Crippen molar-refractivity contribution in [1.82, 2.24) is 25.0 Å². The number of amides is 2. The zero-order chi connectivity index (χ0) is 21.3. The predicted molar refractivity (Wildman–Crippen MR) is 114 cm³/mol. The molecule has 0 unspecified atom stereocenters. The van der Waals surface area contributed by atoms with Gasteiger partial charge in [-0.15, -0.1) is 5.10 Å². The second-order valence-corrected chi connectivity index (χ2v) is 8.65. The Bertz CT molecular complexity index is 1100. The van der Waals surface area contributed by atoms with Crippen LogP contribution in [0.5, 0.6) is 0 Å².